The molecule has 0 spiro atoms. The van der Waals surface area contributed by atoms with E-state index in [-0.39, 0.29) is 19.8 Å². The zero-order chi connectivity index (χ0) is 11.9. The van der Waals surface area contributed by atoms with E-state index >= 15 is 0 Å². The van der Waals surface area contributed by atoms with Gasteiger partial charge in [-0.15, -0.1) is 0 Å². The quantitative estimate of drug-likeness (QED) is 0.703. The van der Waals surface area contributed by atoms with Crippen LogP contribution < -0.4 is 0 Å². The molecule has 0 saturated heterocycles. The summed E-state index contributed by atoms with van der Waals surface area (Å²) in [5.41, 5.74) is 0.974. The van der Waals surface area contributed by atoms with Gasteiger partial charge in [-0.25, -0.2) is 0 Å². The molecule has 0 bridgehead atoms. The molecule has 0 fully saturated rings. The van der Waals surface area contributed by atoms with Crippen LogP contribution in [-0.4, -0.2) is 19.4 Å². The lowest BCUT2D eigenvalue weighted by atomic mass is 10.2. The lowest BCUT2D eigenvalue weighted by molar-refractivity contribution is -0.140. The highest BCUT2D eigenvalue weighted by Gasteiger charge is 2.28. The van der Waals surface area contributed by atoms with Crippen LogP contribution in [0.1, 0.15) is 5.56 Å². The monoisotopic (exact) mass is 233 g/mol. The molecule has 1 rings (SSSR count). The number of benzene rings is 1. The van der Waals surface area contributed by atoms with Crippen LogP contribution in [0.4, 0.5) is 13.2 Å². The van der Waals surface area contributed by atoms with Gasteiger partial charge in [0.25, 0.3) is 0 Å². The summed E-state index contributed by atoms with van der Waals surface area (Å²) in [6.07, 6.45) is -4.39. The molecule has 5 heteroatoms. The van der Waals surface area contributed by atoms with E-state index in [1.54, 1.807) is 0 Å². The zero-order valence-electron chi connectivity index (χ0n) is 8.54. The molecule has 1 aromatic rings. The van der Waals surface area contributed by atoms with Crippen LogP contribution in [0.15, 0.2) is 30.3 Å². The van der Waals surface area contributed by atoms with Crippen molar-refractivity contribution in [2.24, 2.45) is 0 Å². The summed E-state index contributed by atoms with van der Waals surface area (Å²) in [4.78, 5) is 0. The highest BCUT2D eigenvalue weighted by molar-refractivity contribution is 5.13. The van der Waals surface area contributed by atoms with E-state index in [1.165, 1.54) is 0 Å². The van der Waals surface area contributed by atoms with Crippen LogP contribution >= 0.6 is 0 Å². The molecule has 2 nitrogen and oxygen atoms in total. The van der Waals surface area contributed by atoms with Crippen LogP contribution in [-0.2, 0) is 16.1 Å². The van der Waals surface area contributed by atoms with Crippen molar-refractivity contribution in [2.45, 2.75) is 12.8 Å². The molecule has 1 radical (unpaired) electrons. The fourth-order valence-corrected chi connectivity index (χ4v) is 1.02. The molecule has 89 valence electrons. The Morgan fingerprint density at radius 3 is 2.38 bits per heavy atom. The number of hydrogen-bond acceptors (Lipinski definition) is 2. The first-order chi connectivity index (χ1) is 7.58. The summed E-state index contributed by atoms with van der Waals surface area (Å²) in [7, 11) is 0. The van der Waals surface area contributed by atoms with Gasteiger partial charge in [0.2, 0.25) is 0 Å². The maximum atomic E-state index is 11.6. The Bertz CT molecular complexity index is 285. The summed E-state index contributed by atoms with van der Waals surface area (Å²) < 4.78 is 44.2. The molecular formula is C11H12F3O2. The van der Waals surface area contributed by atoms with Crippen LogP contribution in [0.5, 0.6) is 0 Å². The fraction of sp³-hybridized carbons (Fsp3) is 0.364. The minimum atomic E-state index is -4.39. The molecule has 0 atom stereocenters. The van der Waals surface area contributed by atoms with E-state index in [9.17, 15) is 13.2 Å². The van der Waals surface area contributed by atoms with Crippen molar-refractivity contribution in [3.05, 3.63) is 42.5 Å². The zero-order valence-corrected chi connectivity index (χ0v) is 8.54. The van der Waals surface area contributed by atoms with Gasteiger partial charge in [-0.2, -0.15) is 13.2 Å². The number of ether oxygens (including phenoxy) is 2. The highest BCUT2D eigenvalue weighted by atomic mass is 19.4. The lowest BCUT2D eigenvalue weighted by Crippen LogP contribution is -2.13. The molecule has 0 aliphatic carbocycles. The number of hydrogen-bond donors (Lipinski definition) is 0. The van der Waals surface area contributed by atoms with E-state index in [2.05, 4.69) is 4.74 Å². The first-order valence-electron chi connectivity index (χ1n) is 4.72. The first kappa shape index (κ1) is 13.0. The van der Waals surface area contributed by atoms with E-state index in [0.29, 0.717) is 6.61 Å². The molecule has 0 saturated carbocycles. The molecular weight excluding hydrogens is 221 g/mol. The predicted molar refractivity (Wildman–Crippen MR) is 52.4 cm³/mol. The smallest absolute Gasteiger partial charge is 0.374 e. The minimum Gasteiger partial charge on any atom is -0.374 e. The van der Waals surface area contributed by atoms with Crippen molar-refractivity contribution >= 4 is 0 Å². The largest absolute Gasteiger partial charge is 0.417 e. The van der Waals surface area contributed by atoms with Gasteiger partial charge in [0.05, 0.1) is 19.8 Å². The molecule has 0 aliphatic rings. The Hall–Kier alpha value is -1.07. The van der Waals surface area contributed by atoms with Crippen molar-refractivity contribution < 1.29 is 22.6 Å². The van der Waals surface area contributed by atoms with Gasteiger partial charge in [-0.05, 0) is 5.56 Å². The van der Waals surface area contributed by atoms with E-state index in [1.807, 2.05) is 30.3 Å². The molecule has 0 aliphatic heterocycles. The van der Waals surface area contributed by atoms with Crippen molar-refractivity contribution in [1.29, 1.82) is 0 Å². The van der Waals surface area contributed by atoms with Crippen LogP contribution in [0.3, 0.4) is 0 Å². The van der Waals surface area contributed by atoms with Crippen LogP contribution in [0.2, 0.25) is 0 Å². The molecule has 1 aromatic carbocycles. The summed E-state index contributed by atoms with van der Waals surface area (Å²) in [6, 6.07) is 9.37. The van der Waals surface area contributed by atoms with Gasteiger partial charge in [0.15, 0.2) is 6.61 Å². The Morgan fingerprint density at radius 1 is 1.06 bits per heavy atom. The molecule has 16 heavy (non-hydrogen) atoms. The van der Waals surface area contributed by atoms with Gasteiger partial charge in [-0.1, -0.05) is 30.3 Å². The van der Waals surface area contributed by atoms with Crippen molar-refractivity contribution in [3.63, 3.8) is 0 Å². The highest BCUT2D eigenvalue weighted by Crippen LogP contribution is 2.18. The Morgan fingerprint density at radius 2 is 1.75 bits per heavy atom. The fourth-order valence-electron chi connectivity index (χ4n) is 1.02. The Balaban J connectivity index is 2.01. The molecule has 0 heterocycles. The average molecular weight is 233 g/mol. The van der Waals surface area contributed by atoms with Gasteiger partial charge in [-0.3, -0.25) is 0 Å². The van der Waals surface area contributed by atoms with Gasteiger partial charge in [0, 0.05) is 0 Å². The van der Waals surface area contributed by atoms with Crippen molar-refractivity contribution in [1.82, 2.24) is 0 Å². The molecule has 0 unspecified atom stereocenters. The van der Waals surface area contributed by atoms with Crippen LogP contribution in [0.25, 0.3) is 0 Å². The maximum Gasteiger partial charge on any atom is 0.417 e. The van der Waals surface area contributed by atoms with E-state index in [0.717, 1.165) is 5.56 Å². The summed E-state index contributed by atoms with van der Waals surface area (Å²) in [6.45, 7) is 0.253. The summed E-state index contributed by atoms with van der Waals surface area (Å²) >= 11 is 0. The Kier molecular flexibility index (Phi) is 5.28. The van der Waals surface area contributed by atoms with E-state index < -0.39 is 6.18 Å². The minimum absolute atomic E-state index is 0.105. The standard InChI is InChI=1S/C11H12F3O2/c12-11(13,14)9-16-7-6-15-8-10-4-2-1-3-5-10/h1-5,9H,6-8H2. The second-order valence-electron chi connectivity index (χ2n) is 3.07. The number of rotatable bonds is 6. The third kappa shape index (κ3) is 6.42. The molecule has 0 aromatic heterocycles. The summed E-state index contributed by atoms with van der Waals surface area (Å²) in [5.74, 6) is 0. The number of halogens is 3. The number of alkyl halides is 3. The third-order valence-corrected chi connectivity index (χ3v) is 1.67. The lowest BCUT2D eigenvalue weighted by Gasteiger charge is -2.07. The predicted octanol–water partition coefficient (Wildman–Crippen LogP) is 2.94. The summed E-state index contributed by atoms with van der Waals surface area (Å²) in [5, 5.41) is 0. The van der Waals surface area contributed by atoms with E-state index in [4.69, 9.17) is 4.74 Å². The third-order valence-electron chi connectivity index (χ3n) is 1.67. The first-order valence-corrected chi connectivity index (χ1v) is 4.72. The SMILES string of the molecule is FC(F)(F)[CH]OCCOCc1ccccc1. The van der Waals surface area contributed by atoms with Crippen molar-refractivity contribution in [3.8, 4) is 0 Å². The second kappa shape index (κ2) is 6.50. The van der Waals surface area contributed by atoms with Gasteiger partial charge >= 0.3 is 6.18 Å². The maximum absolute atomic E-state index is 11.6. The van der Waals surface area contributed by atoms with Gasteiger partial charge in [0.1, 0.15) is 0 Å². The molecule has 0 N–H and O–H groups in total. The Labute approximate surface area is 92.0 Å². The van der Waals surface area contributed by atoms with Gasteiger partial charge < -0.3 is 9.47 Å². The normalized spacial score (nSPS) is 11.7. The second-order valence-corrected chi connectivity index (χ2v) is 3.07. The van der Waals surface area contributed by atoms with Crippen LogP contribution in [0, 0.1) is 6.61 Å². The van der Waals surface area contributed by atoms with Crippen molar-refractivity contribution in [2.75, 3.05) is 13.2 Å². The average Bonchev–Trinajstić information content (AvgIpc) is 2.23. The topological polar surface area (TPSA) is 18.5 Å². The molecule has 0 amide bonds.